The zero-order valence-corrected chi connectivity index (χ0v) is 16.8. The molecule has 4 nitrogen and oxygen atoms in total. The van der Waals surface area contributed by atoms with Gasteiger partial charge in [-0.25, -0.2) is 0 Å². The highest BCUT2D eigenvalue weighted by Crippen LogP contribution is 2.34. The van der Waals surface area contributed by atoms with Crippen molar-refractivity contribution in [3.63, 3.8) is 0 Å². The fourth-order valence-corrected chi connectivity index (χ4v) is 2.87. The number of Topliss-reactive ketones (excluding diaryl/α,β-unsaturated/α-hetero) is 1. The summed E-state index contributed by atoms with van der Waals surface area (Å²) in [7, 11) is 4.71. The molecule has 0 aliphatic rings. The molecule has 0 spiro atoms. The van der Waals surface area contributed by atoms with E-state index in [2.05, 4.69) is 5.92 Å². The largest absolute Gasteiger partial charge is 0.496 e. The highest BCUT2D eigenvalue weighted by molar-refractivity contribution is 6.03. The van der Waals surface area contributed by atoms with E-state index in [0.717, 1.165) is 11.1 Å². The molecule has 0 radical (unpaired) electrons. The number of ether oxygens (including phenoxy) is 3. The van der Waals surface area contributed by atoms with Crippen molar-refractivity contribution in [2.24, 2.45) is 0 Å². The molecule has 2 aromatic carbocycles. The Bertz CT molecular complexity index is 874. The maximum Gasteiger partial charge on any atom is 0.173 e. The van der Waals surface area contributed by atoms with Gasteiger partial charge in [-0.1, -0.05) is 25.0 Å². The molecule has 0 aliphatic heterocycles. The van der Waals surface area contributed by atoms with Gasteiger partial charge in [0.25, 0.3) is 0 Å². The van der Waals surface area contributed by atoms with Gasteiger partial charge in [-0.05, 0) is 49.2 Å². The van der Waals surface area contributed by atoms with E-state index in [9.17, 15) is 4.79 Å². The van der Waals surface area contributed by atoms with Crippen molar-refractivity contribution in [3.8, 4) is 29.6 Å². The van der Waals surface area contributed by atoms with Crippen molar-refractivity contribution in [3.05, 3.63) is 53.1 Å². The van der Waals surface area contributed by atoms with Gasteiger partial charge in [0.15, 0.2) is 17.3 Å². The Morgan fingerprint density at radius 2 is 1.59 bits per heavy atom. The fourth-order valence-electron chi connectivity index (χ4n) is 2.87. The van der Waals surface area contributed by atoms with Gasteiger partial charge >= 0.3 is 0 Å². The smallest absolute Gasteiger partial charge is 0.173 e. The summed E-state index contributed by atoms with van der Waals surface area (Å²) < 4.78 is 16.1. The van der Waals surface area contributed by atoms with E-state index in [1.165, 1.54) is 0 Å². The van der Waals surface area contributed by atoms with Crippen LogP contribution in [-0.4, -0.2) is 27.1 Å². The Morgan fingerprint density at radius 3 is 2.15 bits per heavy atom. The van der Waals surface area contributed by atoms with Gasteiger partial charge in [0.1, 0.15) is 5.75 Å². The molecule has 0 bridgehead atoms. The average Bonchev–Trinajstić information content (AvgIpc) is 2.71. The lowest BCUT2D eigenvalue weighted by Gasteiger charge is -2.21. The molecule has 2 aromatic rings. The van der Waals surface area contributed by atoms with Crippen LogP contribution >= 0.6 is 0 Å². The van der Waals surface area contributed by atoms with E-state index in [1.807, 2.05) is 45.0 Å². The molecule has 0 aliphatic carbocycles. The highest BCUT2D eigenvalue weighted by atomic mass is 16.5. The molecule has 0 heterocycles. The third kappa shape index (κ3) is 4.09. The number of ketones is 1. The molecular weight excluding hydrogens is 340 g/mol. The molecule has 2 rings (SSSR count). The van der Waals surface area contributed by atoms with Crippen molar-refractivity contribution >= 4 is 5.78 Å². The monoisotopic (exact) mass is 366 g/mol. The van der Waals surface area contributed by atoms with Gasteiger partial charge < -0.3 is 14.2 Å². The Kier molecular flexibility index (Phi) is 6.17. The van der Waals surface area contributed by atoms with Gasteiger partial charge in [-0.3, -0.25) is 4.79 Å². The summed E-state index contributed by atoms with van der Waals surface area (Å²) in [6, 6.07) is 11.0. The lowest BCUT2D eigenvalue weighted by atomic mass is 9.84. The van der Waals surface area contributed by atoms with Gasteiger partial charge in [-0.15, -0.1) is 6.42 Å². The summed E-state index contributed by atoms with van der Waals surface area (Å²) in [5, 5.41) is 0. The van der Waals surface area contributed by atoms with Gasteiger partial charge in [0.05, 0.1) is 32.3 Å². The Hall–Kier alpha value is -2.93. The Balaban J connectivity index is 2.41. The zero-order valence-electron chi connectivity index (χ0n) is 16.8. The number of methoxy groups -OCH3 is 3. The van der Waals surface area contributed by atoms with Crippen molar-refractivity contribution in [1.82, 2.24) is 0 Å². The molecule has 0 aromatic heterocycles. The van der Waals surface area contributed by atoms with Crippen LogP contribution in [0.1, 0.15) is 48.2 Å². The van der Waals surface area contributed by atoms with Gasteiger partial charge in [0.2, 0.25) is 0 Å². The summed E-state index contributed by atoms with van der Waals surface area (Å²) in [6.07, 6.45) is 5.62. The SMILES string of the molecule is C#CC(C)(C)c1ccc(C(=O)C(C)c2ccc(OC)c(OC)c2)c(OC)c1. The van der Waals surface area contributed by atoms with Crippen LogP contribution < -0.4 is 14.2 Å². The number of benzene rings is 2. The minimum Gasteiger partial charge on any atom is -0.496 e. The Morgan fingerprint density at radius 1 is 0.963 bits per heavy atom. The van der Waals surface area contributed by atoms with E-state index >= 15 is 0 Å². The molecule has 27 heavy (non-hydrogen) atoms. The average molecular weight is 366 g/mol. The standard InChI is InChI=1S/C23H26O4/c1-8-23(3,4)17-10-11-18(20(14-17)26-6)22(24)15(2)16-9-12-19(25-5)21(13-16)27-7/h1,9-15H,2-7H3. The molecule has 0 fully saturated rings. The summed E-state index contributed by atoms with van der Waals surface area (Å²) in [4.78, 5) is 13.1. The number of terminal acetylenes is 1. The van der Waals surface area contributed by atoms with Crippen LogP contribution in [-0.2, 0) is 5.41 Å². The van der Waals surface area contributed by atoms with Gasteiger partial charge in [0, 0.05) is 5.92 Å². The predicted octanol–water partition coefficient (Wildman–Crippen LogP) is 4.61. The molecule has 0 saturated carbocycles. The second kappa shape index (κ2) is 8.18. The van der Waals surface area contributed by atoms with E-state index < -0.39 is 5.41 Å². The number of carbonyl (C=O) groups is 1. The third-order valence-electron chi connectivity index (χ3n) is 4.85. The first-order valence-electron chi connectivity index (χ1n) is 8.71. The van der Waals surface area contributed by atoms with Crippen molar-refractivity contribution in [2.75, 3.05) is 21.3 Å². The number of hydrogen-bond donors (Lipinski definition) is 0. The molecule has 1 atom stereocenters. The first kappa shape index (κ1) is 20.4. The highest BCUT2D eigenvalue weighted by Gasteiger charge is 2.24. The normalized spacial score (nSPS) is 12.0. The molecule has 0 N–H and O–H groups in total. The number of rotatable bonds is 7. The first-order chi connectivity index (χ1) is 12.8. The minimum atomic E-state index is -0.441. The Labute approximate surface area is 161 Å². The topological polar surface area (TPSA) is 44.8 Å². The summed E-state index contributed by atoms with van der Waals surface area (Å²) in [5.41, 5.74) is 1.85. The second-order valence-corrected chi connectivity index (χ2v) is 6.88. The van der Waals surface area contributed by atoms with Crippen LogP contribution in [0.3, 0.4) is 0 Å². The zero-order chi connectivity index (χ0) is 20.2. The summed E-state index contributed by atoms with van der Waals surface area (Å²) >= 11 is 0. The predicted molar refractivity (Wildman–Crippen MR) is 107 cm³/mol. The lowest BCUT2D eigenvalue weighted by Crippen LogP contribution is -2.16. The van der Waals surface area contributed by atoms with Crippen LogP contribution in [0.15, 0.2) is 36.4 Å². The van der Waals surface area contributed by atoms with E-state index in [-0.39, 0.29) is 11.7 Å². The quantitative estimate of drug-likeness (QED) is 0.530. The molecule has 0 saturated heterocycles. The van der Waals surface area contributed by atoms with Crippen molar-refractivity contribution < 1.29 is 19.0 Å². The van der Waals surface area contributed by atoms with E-state index in [4.69, 9.17) is 20.6 Å². The maximum absolute atomic E-state index is 13.1. The van der Waals surface area contributed by atoms with Crippen LogP contribution in [0.5, 0.6) is 17.2 Å². The number of carbonyl (C=O) groups excluding carboxylic acids is 1. The molecule has 1 unspecified atom stereocenters. The molecule has 4 heteroatoms. The first-order valence-corrected chi connectivity index (χ1v) is 8.71. The molecule has 0 amide bonds. The molecular formula is C23H26O4. The van der Waals surface area contributed by atoms with Crippen LogP contribution in [0, 0.1) is 12.3 Å². The van der Waals surface area contributed by atoms with E-state index in [0.29, 0.717) is 22.8 Å². The maximum atomic E-state index is 13.1. The number of hydrogen-bond acceptors (Lipinski definition) is 4. The van der Waals surface area contributed by atoms with Gasteiger partial charge in [-0.2, -0.15) is 0 Å². The lowest BCUT2D eigenvalue weighted by molar-refractivity contribution is 0.0963. The second-order valence-electron chi connectivity index (χ2n) is 6.88. The summed E-state index contributed by atoms with van der Waals surface area (Å²) in [5.74, 6) is 4.09. The fraction of sp³-hybridized carbons (Fsp3) is 0.348. The van der Waals surface area contributed by atoms with Crippen LogP contribution in [0.25, 0.3) is 0 Å². The third-order valence-corrected chi connectivity index (χ3v) is 4.85. The van der Waals surface area contributed by atoms with Crippen LogP contribution in [0.2, 0.25) is 0 Å². The van der Waals surface area contributed by atoms with Crippen molar-refractivity contribution in [2.45, 2.75) is 32.1 Å². The minimum absolute atomic E-state index is 0.0378. The van der Waals surface area contributed by atoms with Crippen molar-refractivity contribution in [1.29, 1.82) is 0 Å². The van der Waals surface area contributed by atoms with Crippen LogP contribution in [0.4, 0.5) is 0 Å². The summed E-state index contributed by atoms with van der Waals surface area (Å²) in [6.45, 7) is 5.77. The van der Waals surface area contributed by atoms with E-state index in [1.54, 1.807) is 33.5 Å². The molecule has 142 valence electrons.